The van der Waals surface area contributed by atoms with Gasteiger partial charge >= 0.3 is 0 Å². The number of nitrogens with zero attached hydrogens (tertiary/aromatic N) is 4. The highest BCUT2D eigenvalue weighted by Crippen LogP contribution is 2.27. The number of aromatic nitrogens is 4. The van der Waals surface area contributed by atoms with E-state index in [1.807, 2.05) is 42.9 Å². The van der Waals surface area contributed by atoms with E-state index in [0.29, 0.717) is 12.5 Å². The first kappa shape index (κ1) is 12.5. The summed E-state index contributed by atoms with van der Waals surface area (Å²) in [6.45, 7) is 2.64. The lowest BCUT2D eigenvalue weighted by atomic mass is 10.2. The van der Waals surface area contributed by atoms with Gasteiger partial charge in [0.05, 0.1) is 24.9 Å². The van der Waals surface area contributed by atoms with Gasteiger partial charge in [-0.1, -0.05) is 6.07 Å². The molecule has 3 rings (SSSR count). The van der Waals surface area contributed by atoms with Crippen molar-refractivity contribution in [2.75, 3.05) is 12.8 Å². The maximum absolute atomic E-state index is 6.05. The van der Waals surface area contributed by atoms with E-state index in [4.69, 9.17) is 10.5 Å². The van der Waals surface area contributed by atoms with Crippen molar-refractivity contribution in [2.24, 2.45) is 7.05 Å². The monoisotopic (exact) mass is 271 g/mol. The molecule has 0 saturated heterocycles. The van der Waals surface area contributed by atoms with Crippen molar-refractivity contribution < 1.29 is 4.74 Å². The Morgan fingerprint density at radius 3 is 2.80 bits per heavy atom. The lowest BCUT2D eigenvalue weighted by Crippen LogP contribution is -2.04. The van der Waals surface area contributed by atoms with E-state index in [1.165, 1.54) is 0 Å². The molecular formula is C14H17N5O. The van der Waals surface area contributed by atoms with Crippen molar-refractivity contribution in [2.45, 2.75) is 13.5 Å². The molecule has 0 bridgehead atoms. The number of imidazole rings is 1. The van der Waals surface area contributed by atoms with Gasteiger partial charge in [-0.05, 0) is 19.1 Å². The van der Waals surface area contributed by atoms with E-state index in [2.05, 4.69) is 10.1 Å². The van der Waals surface area contributed by atoms with E-state index in [0.717, 1.165) is 28.0 Å². The lowest BCUT2D eigenvalue weighted by Gasteiger charge is -2.06. The number of ether oxygens (including phenoxy) is 1. The zero-order valence-corrected chi connectivity index (χ0v) is 11.8. The predicted molar refractivity (Wildman–Crippen MR) is 77.7 cm³/mol. The first-order valence-corrected chi connectivity index (χ1v) is 6.38. The zero-order chi connectivity index (χ0) is 14.3. The average Bonchev–Trinajstić information content (AvgIpc) is 2.90. The van der Waals surface area contributed by atoms with Crippen LogP contribution < -0.4 is 10.5 Å². The van der Waals surface area contributed by atoms with Gasteiger partial charge in [0, 0.05) is 18.8 Å². The van der Waals surface area contributed by atoms with Crippen LogP contribution in [0, 0.1) is 6.92 Å². The summed E-state index contributed by atoms with van der Waals surface area (Å²) in [6, 6.07) is 5.82. The number of anilines is 1. The van der Waals surface area contributed by atoms with Gasteiger partial charge in [0.1, 0.15) is 11.3 Å². The second kappa shape index (κ2) is 4.56. The second-order valence-corrected chi connectivity index (χ2v) is 4.80. The van der Waals surface area contributed by atoms with Gasteiger partial charge in [0.25, 0.3) is 0 Å². The Balaban J connectivity index is 2.12. The number of hydrogen-bond donors (Lipinski definition) is 1. The molecule has 0 radical (unpaired) electrons. The predicted octanol–water partition coefficient (Wildman–Crippen LogP) is 1.72. The molecule has 0 spiro atoms. The van der Waals surface area contributed by atoms with Crippen LogP contribution in [-0.2, 0) is 13.6 Å². The van der Waals surface area contributed by atoms with Crippen LogP contribution in [0.25, 0.3) is 11.0 Å². The molecule has 0 aliphatic heterocycles. The van der Waals surface area contributed by atoms with Crippen molar-refractivity contribution in [1.82, 2.24) is 19.3 Å². The Bertz CT molecular complexity index is 771. The third kappa shape index (κ3) is 1.89. The van der Waals surface area contributed by atoms with Crippen LogP contribution in [0.5, 0.6) is 5.75 Å². The molecule has 0 atom stereocenters. The SMILES string of the molecule is COc1cccc2c1nc(N)n2Cc1cn(C)nc1C. The summed E-state index contributed by atoms with van der Waals surface area (Å²) in [6.07, 6.45) is 2.00. The molecular weight excluding hydrogens is 254 g/mol. The fourth-order valence-corrected chi connectivity index (χ4v) is 2.44. The minimum absolute atomic E-state index is 0.479. The topological polar surface area (TPSA) is 70.9 Å². The fraction of sp³-hybridized carbons (Fsp3) is 0.286. The Labute approximate surface area is 116 Å². The molecule has 2 aromatic heterocycles. The van der Waals surface area contributed by atoms with Gasteiger partial charge < -0.3 is 15.0 Å². The van der Waals surface area contributed by atoms with E-state index in [1.54, 1.807) is 11.8 Å². The van der Waals surface area contributed by atoms with Gasteiger partial charge in [0.15, 0.2) is 0 Å². The molecule has 6 nitrogen and oxygen atoms in total. The van der Waals surface area contributed by atoms with Crippen LogP contribution in [0.3, 0.4) is 0 Å². The number of benzene rings is 1. The van der Waals surface area contributed by atoms with Crippen LogP contribution in [0.2, 0.25) is 0 Å². The molecule has 3 aromatic rings. The number of para-hydroxylation sites is 1. The third-order valence-corrected chi connectivity index (χ3v) is 3.43. The zero-order valence-electron chi connectivity index (χ0n) is 11.8. The van der Waals surface area contributed by atoms with E-state index < -0.39 is 0 Å². The van der Waals surface area contributed by atoms with Crippen LogP contribution in [0.1, 0.15) is 11.3 Å². The smallest absolute Gasteiger partial charge is 0.201 e. The number of nitrogens with two attached hydrogens (primary N) is 1. The number of aryl methyl sites for hydroxylation is 2. The summed E-state index contributed by atoms with van der Waals surface area (Å²) in [7, 11) is 3.55. The highest BCUT2D eigenvalue weighted by atomic mass is 16.5. The first-order valence-electron chi connectivity index (χ1n) is 6.38. The van der Waals surface area contributed by atoms with Crippen LogP contribution in [-0.4, -0.2) is 26.4 Å². The normalized spacial score (nSPS) is 11.2. The minimum atomic E-state index is 0.479. The van der Waals surface area contributed by atoms with Crippen molar-refractivity contribution in [3.8, 4) is 5.75 Å². The van der Waals surface area contributed by atoms with Gasteiger partial charge in [-0.3, -0.25) is 4.68 Å². The van der Waals surface area contributed by atoms with Crippen molar-refractivity contribution in [1.29, 1.82) is 0 Å². The van der Waals surface area contributed by atoms with Crippen LogP contribution in [0.4, 0.5) is 5.95 Å². The largest absolute Gasteiger partial charge is 0.494 e. The van der Waals surface area contributed by atoms with E-state index >= 15 is 0 Å². The molecule has 0 unspecified atom stereocenters. The number of fused-ring (bicyclic) bond motifs is 1. The van der Waals surface area contributed by atoms with Gasteiger partial charge in [-0.2, -0.15) is 5.10 Å². The lowest BCUT2D eigenvalue weighted by molar-refractivity contribution is 0.419. The van der Waals surface area contributed by atoms with Crippen molar-refractivity contribution in [3.05, 3.63) is 35.7 Å². The van der Waals surface area contributed by atoms with Crippen molar-refractivity contribution in [3.63, 3.8) is 0 Å². The van der Waals surface area contributed by atoms with Crippen LogP contribution in [0.15, 0.2) is 24.4 Å². The molecule has 20 heavy (non-hydrogen) atoms. The van der Waals surface area contributed by atoms with Gasteiger partial charge in [0.2, 0.25) is 5.95 Å². The first-order chi connectivity index (χ1) is 9.60. The second-order valence-electron chi connectivity index (χ2n) is 4.80. The standard InChI is InChI=1S/C14H17N5O/c1-9-10(7-18(2)17-9)8-19-11-5-4-6-12(20-3)13(11)16-14(19)15/h4-7H,8H2,1-3H3,(H2,15,16). The third-order valence-electron chi connectivity index (χ3n) is 3.43. The Hall–Kier alpha value is -2.50. The number of rotatable bonds is 3. The average molecular weight is 271 g/mol. The summed E-state index contributed by atoms with van der Waals surface area (Å²) in [5.74, 6) is 1.21. The molecule has 0 amide bonds. The quantitative estimate of drug-likeness (QED) is 0.787. The Kier molecular flexibility index (Phi) is 2.85. The fourth-order valence-electron chi connectivity index (χ4n) is 2.44. The highest BCUT2D eigenvalue weighted by Gasteiger charge is 2.13. The Morgan fingerprint density at radius 2 is 2.15 bits per heavy atom. The van der Waals surface area contributed by atoms with E-state index in [9.17, 15) is 0 Å². The summed E-state index contributed by atoms with van der Waals surface area (Å²) in [4.78, 5) is 4.41. The van der Waals surface area contributed by atoms with Crippen molar-refractivity contribution >= 4 is 17.0 Å². The maximum atomic E-state index is 6.05. The number of nitrogen functional groups attached to an aromatic ring is 1. The summed E-state index contributed by atoms with van der Waals surface area (Å²) in [5, 5.41) is 4.35. The molecule has 104 valence electrons. The number of hydrogen-bond acceptors (Lipinski definition) is 4. The maximum Gasteiger partial charge on any atom is 0.201 e. The molecule has 0 fully saturated rings. The summed E-state index contributed by atoms with van der Waals surface area (Å²) < 4.78 is 9.11. The molecule has 0 saturated carbocycles. The Morgan fingerprint density at radius 1 is 1.35 bits per heavy atom. The molecule has 6 heteroatoms. The number of methoxy groups -OCH3 is 1. The summed E-state index contributed by atoms with van der Waals surface area (Å²) >= 11 is 0. The molecule has 0 aliphatic carbocycles. The van der Waals surface area contributed by atoms with Gasteiger partial charge in [-0.15, -0.1) is 0 Å². The molecule has 2 N–H and O–H groups in total. The van der Waals surface area contributed by atoms with Gasteiger partial charge in [-0.25, -0.2) is 4.98 Å². The molecule has 1 aromatic carbocycles. The summed E-state index contributed by atoms with van der Waals surface area (Å²) in [5.41, 5.74) is 9.92. The highest BCUT2D eigenvalue weighted by molar-refractivity contribution is 5.84. The molecule has 2 heterocycles. The van der Waals surface area contributed by atoms with Crippen LogP contribution >= 0.6 is 0 Å². The molecule has 0 aliphatic rings. The minimum Gasteiger partial charge on any atom is -0.494 e. The van der Waals surface area contributed by atoms with E-state index in [-0.39, 0.29) is 0 Å².